The number of rotatable bonds is 32. The Hall–Kier alpha value is -5.67. The second kappa shape index (κ2) is 38.5. The van der Waals surface area contributed by atoms with Gasteiger partial charge in [0.05, 0.1) is 86.2 Å². The minimum atomic E-state index is -1.72. The Kier molecular flexibility index (Phi) is 33.3. The molecule has 4 aromatic rings. The van der Waals surface area contributed by atoms with Crippen molar-refractivity contribution in [3.05, 3.63) is 93.5 Å². The molecule has 0 saturated carbocycles. The van der Waals surface area contributed by atoms with Crippen LogP contribution in [0.5, 0.6) is 46.0 Å². The quantitative estimate of drug-likeness (QED) is 0.0272. The molecule has 0 amide bonds. The largest absolute Gasteiger partial charge is 1.00 e. The average molecular weight is 1170 g/mol. The van der Waals surface area contributed by atoms with Crippen LogP contribution in [0.1, 0.15) is 201 Å². The van der Waals surface area contributed by atoms with Crippen LogP contribution in [-0.2, 0) is 0 Å². The molecule has 0 aliphatic heterocycles. The maximum absolute atomic E-state index is 6.70. The molecule has 0 bridgehead atoms. The molecular formula is C75H105LiO8Si. The summed E-state index contributed by atoms with van der Waals surface area (Å²) < 4.78 is 52.3. The summed E-state index contributed by atoms with van der Waals surface area (Å²) >= 11 is 0. The van der Waals surface area contributed by atoms with Crippen LogP contribution in [0.3, 0.4) is 0 Å². The summed E-state index contributed by atoms with van der Waals surface area (Å²) in [7, 11) is -1.72. The molecule has 0 aliphatic rings. The van der Waals surface area contributed by atoms with E-state index in [1.165, 1.54) is 0 Å². The SMILES string of the molecule is CC(C)CCOc1[c-]cc(OCCC(C)C)c(C#Cc2cc(OCCC(C)C)c(C#Cc3cc(OCCC(C)C)c(C#Cc4cc(OCCC(C)C)c(C#C[Si](C)(C)C)cc4OCCC(C)C)cc3OCCC(C)C)cc2OCCC(C)C)c1.[Li+]. The summed E-state index contributed by atoms with van der Waals surface area (Å²) in [6.07, 6.45) is 7.11. The molecule has 85 heavy (non-hydrogen) atoms. The Labute approximate surface area is 530 Å². The van der Waals surface area contributed by atoms with Gasteiger partial charge in [0.2, 0.25) is 0 Å². The van der Waals surface area contributed by atoms with Crippen molar-refractivity contribution >= 4 is 8.07 Å². The van der Waals surface area contributed by atoms with Gasteiger partial charge in [-0.05, 0) is 104 Å². The first-order chi connectivity index (χ1) is 39.8. The summed E-state index contributed by atoms with van der Waals surface area (Å²) in [5, 5.41) is 0. The van der Waals surface area contributed by atoms with Crippen molar-refractivity contribution in [2.45, 2.75) is 182 Å². The zero-order valence-electron chi connectivity index (χ0n) is 56.3. The summed E-state index contributed by atoms with van der Waals surface area (Å²) in [6.45, 7) is 46.2. The normalized spacial score (nSPS) is 11.2. The van der Waals surface area contributed by atoms with Gasteiger partial charge in [0.1, 0.15) is 42.6 Å². The van der Waals surface area contributed by atoms with Crippen LogP contribution in [-0.4, -0.2) is 60.9 Å². The molecule has 10 heteroatoms. The third-order valence-electron chi connectivity index (χ3n) is 13.3. The van der Waals surface area contributed by atoms with Crippen LogP contribution in [0.2, 0.25) is 19.6 Å². The van der Waals surface area contributed by atoms with Crippen molar-refractivity contribution in [1.29, 1.82) is 0 Å². The third kappa shape index (κ3) is 29.5. The topological polar surface area (TPSA) is 73.8 Å². The van der Waals surface area contributed by atoms with Gasteiger partial charge in [0.25, 0.3) is 0 Å². The zero-order chi connectivity index (χ0) is 61.8. The second-order valence-electron chi connectivity index (χ2n) is 26.6. The Balaban J connectivity index is 0.0000189. The minimum Gasteiger partial charge on any atom is -0.550 e. The molecule has 0 aromatic heterocycles. The van der Waals surface area contributed by atoms with E-state index in [0.717, 1.165) is 56.9 Å². The fourth-order valence-electron chi connectivity index (χ4n) is 7.64. The first kappa shape index (κ1) is 73.6. The monoisotopic (exact) mass is 1170 g/mol. The van der Waals surface area contributed by atoms with Gasteiger partial charge in [0, 0.05) is 47.9 Å². The molecule has 0 aliphatic carbocycles. The van der Waals surface area contributed by atoms with Crippen molar-refractivity contribution < 1.29 is 56.8 Å². The Morgan fingerprint density at radius 2 is 0.494 bits per heavy atom. The summed E-state index contributed by atoms with van der Waals surface area (Å²) in [4.78, 5) is 0. The van der Waals surface area contributed by atoms with Crippen LogP contribution in [0.15, 0.2) is 48.5 Å². The fraction of sp³-hybridized carbons (Fsp3) is 0.573. The van der Waals surface area contributed by atoms with E-state index in [9.17, 15) is 0 Å². The molecule has 4 aromatic carbocycles. The number of benzene rings is 4. The van der Waals surface area contributed by atoms with Crippen LogP contribution in [0, 0.1) is 100 Å². The van der Waals surface area contributed by atoms with E-state index >= 15 is 0 Å². The standard InChI is InChI=1S/C75H105O8Si.Li/c1-53(2)28-37-76-68-26-27-69(77-38-29-54(3)4)61(46-68)20-21-62-47-71(79-40-31-56(7)8)63(48-70(62)78-39-30-55(5)6)22-23-64-49-73(81-42-33-58(11)12)65(50-72(64)80-41-32-57(9)10)24-25-66-51-75(83-44-35-60(15)16)67(36-45-84(17,18)19)52-74(66)82-43-34-59(13)14;/h27,46-60H,28-35,37-44H2,1-19H3;/q-1;+1. The van der Waals surface area contributed by atoms with Gasteiger partial charge in [-0.2, -0.15) is 0 Å². The molecule has 0 heterocycles. The molecule has 0 fully saturated rings. The van der Waals surface area contributed by atoms with Crippen molar-refractivity contribution in [2.24, 2.45) is 47.3 Å². The van der Waals surface area contributed by atoms with E-state index in [2.05, 4.69) is 183 Å². The van der Waals surface area contributed by atoms with E-state index in [-0.39, 0.29) is 18.9 Å². The molecule has 0 unspecified atom stereocenters. The zero-order valence-corrected chi connectivity index (χ0v) is 57.3. The van der Waals surface area contributed by atoms with Crippen molar-refractivity contribution in [1.82, 2.24) is 0 Å². The molecule has 8 nitrogen and oxygen atoms in total. The first-order valence-corrected chi connectivity index (χ1v) is 35.1. The van der Waals surface area contributed by atoms with Crippen LogP contribution in [0.25, 0.3) is 0 Å². The maximum Gasteiger partial charge on any atom is 1.00 e. The van der Waals surface area contributed by atoms with Gasteiger partial charge < -0.3 is 37.9 Å². The first-order valence-electron chi connectivity index (χ1n) is 31.6. The Morgan fingerprint density at radius 3 is 0.718 bits per heavy atom. The van der Waals surface area contributed by atoms with Crippen molar-refractivity contribution in [2.75, 3.05) is 52.9 Å². The molecule has 4 rings (SSSR count). The van der Waals surface area contributed by atoms with E-state index in [1.54, 1.807) is 0 Å². The maximum atomic E-state index is 6.70. The molecule has 0 atom stereocenters. The Bertz CT molecular complexity index is 2920. The minimum absolute atomic E-state index is 0. The molecule has 458 valence electrons. The molecule has 0 spiro atoms. The van der Waals surface area contributed by atoms with Gasteiger partial charge in [-0.1, -0.05) is 172 Å². The number of hydrogen-bond acceptors (Lipinski definition) is 8. The molecule has 0 N–H and O–H groups in total. The van der Waals surface area contributed by atoms with Gasteiger partial charge in [-0.25, -0.2) is 0 Å². The fourth-order valence-corrected chi connectivity index (χ4v) is 8.15. The van der Waals surface area contributed by atoms with Crippen LogP contribution in [0.4, 0.5) is 0 Å². The average Bonchev–Trinajstić information content (AvgIpc) is 3.54. The predicted octanol–water partition coefficient (Wildman–Crippen LogP) is 15.3. The van der Waals surface area contributed by atoms with Crippen LogP contribution >= 0.6 is 0 Å². The predicted molar refractivity (Wildman–Crippen MR) is 352 cm³/mol. The molecule has 0 saturated heterocycles. The van der Waals surface area contributed by atoms with Gasteiger partial charge in [-0.3, -0.25) is 0 Å². The van der Waals surface area contributed by atoms with Gasteiger partial charge in [-0.15, -0.1) is 23.7 Å². The van der Waals surface area contributed by atoms with Gasteiger partial charge in [0.15, 0.2) is 0 Å². The van der Waals surface area contributed by atoms with Crippen LogP contribution < -0.4 is 56.8 Å². The van der Waals surface area contributed by atoms with E-state index in [4.69, 9.17) is 37.9 Å². The molecule has 0 radical (unpaired) electrons. The van der Waals surface area contributed by atoms with E-state index in [0.29, 0.717) is 180 Å². The van der Waals surface area contributed by atoms with Crippen molar-refractivity contribution in [3.8, 4) is 93.0 Å². The summed E-state index contributed by atoms with van der Waals surface area (Å²) in [5.74, 6) is 33.4. The molecular weight excluding hydrogens is 1060 g/mol. The number of hydrogen-bond donors (Lipinski definition) is 0. The van der Waals surface area contributed by atoms with E-state index in [1.807, 2.05) is 48.5 Å². The van der Waals surface area contributed by atoms with Crippen molar-refractivity contribution in [3.63, 3.8) is 0 Å². The summed E-state index contributed by atoms with van der Waals surface area (Å²) in [6, 6.07) is 19.0. The van der Waals surface area contributed by atoms with E-state index < -0.39 is 8.07 Å². The number of ether oxygens (including phenoxy) is 8. The smallest absolute Gasteiger partial charge is 0.550 e. The third-order valence-corrected chi connectivity index (χ3v) is 14.2. The van der Waals surface area contributed by atoms with Gasteiger partial charge >= 0.3 is 18.9 Å². The Morgan fingerprint density at radius 1 is 0.294 bits per heavy atom. The second-order valence-corrected chi connectivity index (χ2v) is 31.4. The summed E-state index contributed by atoms with van der Waals surface area (Å²) in [5.41, 5.74) is 8.52.